The van der Waals surface area contributed by atoms with Crippen molar-refractivity contribution in [3.8, 4) is 0 Å². The molecule has 1 aromatic heterocycles. The maximum atomic E-state index is 13.2. The summed E-state index contributed by atoms with van der Waals surface area (Å²) in [5.74, 6) is -1.34. The lowest BCUT2D eigenvalue weighted by atomic mass is 10.2. The molecule has 21 heavy (non-hydrogen) atoms. The van der Waals surface area contributed by atoms with Gasteiger partial charge in [-0.25, -0.2) is 27.3 Å². The zero-order valence-corrected chi connectivity index (χ0v) is 12.2. The van der Waals surface area contributed by atoms with Crippen LogP contribution in [-0.2, 0) is 23.0 Å². The topological polar surface area (TPSA) is 78.0 Å². The summed E-state index contributed by atoms with van der Waals surface area (Å²) in [4.78, 5) is 3.99. The number of nitrogens with two attached hydrogens (primary N) is 1. The molecule has 0 aliphatic carbocycles. The van der Waals surface area contributed by atoms with Crippen LogP contribution in [0.15, 0.2) is 29.4 Å². The van der Waals surface area contributed by atoms with Gasteiger partial charge in [0.05, 0.1) is 0 Å². The molecule has 5 nitrogen and oxygen atoms in total. The standard InChI is InChI=1S/C13H15F2N3O2S/c1-2-3-12-17-13(21(16,19)20)8-18(12)7-9-4-5-10(14)11(15)6-9/h4-6,8H,2-3,7H2,1H3,(H2,16,19,20). The van der Waals surface area contributed by atoms with Crippen LogP contribution in [0.4, 0.5) is 8.78 Å². The van der Waals surface area contributed by atoms with Crippen LogP contribution in [0.1, 0.15) is 24.7 Å². The summed E-state index contributed by atoms with van der Waals surface area (Å²) < 4.78 is 50.4. The van der Waals surface area contributed by atoms with Gasteiger partial charge in [-0.15, -0.1) is 0 Å². The molecule has 2 aromatic rings. The zero-order valence-electron chi connectivity index (χ0n) is 11.4. The van der Waals surface area contributed by atoms with E-state index >= 15 is 0 Å². The maximum absolute atomic E-state index is 13.2. The molecular weight excluding hydrogens is 300 g/mol. The average Bonchev–Trinajstić information content (AvgIpc) is 2.78. The van der Waals surface area contributed by atoms with Crippen molar-refractivity contribution < 1.29 is 17.2 Å². The van der Waals surface area contributed by atoms with Crippen LogP contribution < -0.4 is 5.14 Å². The Kier molecular flexibility index (Phi) is 4.38. The lowest BCUT2D eigenvalue weighted by Crippen LogP contribution is -2.12. The molecule has 0 aliphatic rings. The number of halogens is 2. The van der Waals surface area contributed by atoms with Gasteiger partial charge in [0.1, 0.15) is 5.82 Å². The van der Waals surface area contributed by atoms with E-state index in [2.05, 4.69) is 4.98 Å². The summed E-state index contributed by atoms with van der Waals surface area (Å²) in [6.45, 7) is 2.11. The molecule has 0 bridgehead atoms. The minimum atomic E-state index is -3.90. The summed E-state index contributed by atoms with van der Waals surface area (Å²) in [7, 11) is -3.90. The molecule has 2 rings (SSSR count). The fourth-order valence-electron chi connectivity index (χ4n) is 1.96. The molecule has 0 saturated heterocycles. The lowest BCUT2D eigenvalue weighted by molar-refractivity contribution is 0.506. The molecular formula is C13H15F2N3O2S. The second-order valence-electron chi connectivity index (χ2n) is 4.67. The zero-order chi connectivity index (χ0) is 15.6. The van der Waals surface area contributed by atoms with Crippen LogP contribution in [0, 0.1) is 11.6 Å². The van der Waals surface area contributed by atoms with E-state index in [0.29, 0.717) is 17.8 Å². The van der Waals surface area contributed by atoms with Crippen molar-refractivity contribution in [2.24, 2.45) is 5.14 Å². The molecule has 0 atom stereocenters. The lowest BCUT2D eigenvalue weighted by Gasteiger charge is -2.07. The highest BCUT2D eigenvalue weighted by Crippen LogP contribution is 2.15. The van der Waals surface area contributed by atoms with Crippen LogP contribution in [0.5, 0.6) is 0 Å². The Bertz CT molecular complexity index is 757. The number of sulfonamides is 1. The summed E-state index contributed by atoms with van der Waals surface area (Å²) in [5.41, 5.74) is 0.504. The highest BCUT2D eigenvalue weighted by atomic mass is 32.2. The van der Waals surface area contributed by atoms with Crippen LogP contribution in [-0.4, -0.2) is 18.0 Å². The first-order chi connectivity index (χ1) is 9.81. The molecule has 0 fully saturated rings. The molecule has 2 N–H and O–H groups in total. The van der Waals surface area contributed by atoms with Crippen molar-refractivity contribution in [2.75, 3.05) is 0 Å². The number of hydrogen-bond donors (Lipinski definition) is 1. The van der Waals surface area contributed by atoms with Gasteiger partial charge in [0.25, 0.3) is 10.0 Å². The predicted octanol–water partition coefficient (Wildman–Crippen LogP) is 1.81. The Morgan fingerprint density at radius 3 is 2.57 bits per heavy atom. The van der Waals surface area contributed by atoms with Gasteiger partial charge in [-0.1, -0.05) is 13.0 Å². The van der Waals surface area contributed by atoms with E-state index in [4.69, 9.17) is 5.14 Å². The second kappa shape index (κ2) is 5.90. The van der Waals surface area contributed by atoms with Gasteiger partial charge in [0.2, 0.25) is 0 Å². The minimum absolute atomic E-state index is 0.190. The number of aryl methyl sites for hydroxylation is 1. The van der Waals surface area contributed by atoms with Crippen molar-refractivity contribution in [3.05, 3.63) is 47.4 Å². The largest absolute Gasteiger partial charge is 0.329 e. The van der Waals surface area contributed by atoms with E-state index in [1.165, 1.54) is 12.3 Å². The SMILES string of the molecule is CCCc1nc(S(N)(=O)=O)cn1Cc1ccc(F)c(F)c1. The summed E-state index contributed by atoms with van der Waals surface area (Å²) in [5, 5.41) is 4.83. The van der Waals surface area contributed by atoms with Crippen molar-refractivity contribution in [1.29, 1.82) is 0 Å². The van der Waals surface area contributed by atoms with Gasteiger partial charge >= 0.3 is 0 Å². The third-order valence-electron chi connectivity index (χ3n) is 2.94. The fourth-order valence-corrected chi connectivity index (χ4v) is 2.47. The Hall–Kier alpha value is -1.80. The first-order valence-corrected chi connectivity index (χ1v) is 7.88. The van der Waals surface area contributed by atoms with Gasteiger partial charge in [0.15, 0.2) is 16.7 Å². The van der Waals surface area contributed by atoms with Crippen LogP contribution in [0.2, 0.25) is 0 Å². The number of primary sulfonamides is 1. The number of hydrogen-bond acceptors (Lipinski definition) is 3. The van der Waals surface area contributed by atoms with E-state index < -0.39 is 21.7 Å². The summed E-state index contributed by atoms with van der Waals surface area (Å²) in [6, 6.07) is 3.54. The number of imidazole rings is 1. The second-order valence-corrected chi connectivity index (χ2v) is 6.18. The van der Waals surface area contributed by atoms with E-state index in [-0.39, 0.29) is 11.6 Å². The molecule has 1 aromatic carbocycles. The van der Waals surface area contributed by atoms with E-state index in [1.54, 1.807) is 4.57 Å². The van der Waals surface area contributed by atoms with Crippen LogP contribution in [0.3, 0.4) is 0 Å². The molecule has 1 heterocycles. The quantitative estimate of drug-likeness (QED) is 0.914. The van der Waals surface area contributed by atoms with Crippen molar-refractivity contribution >= 4 is 10.0 Å². The third kappa shape index (κ3) is 3.64. The highest BCUT2D eigenvalue weighted by Gasteiger charge is 2.16. The van der Waals surface area contributed by atoms with E-state index in [9.17, 15) is 17.2 Å². The average molecular weight is 315 g/mol. The molecule has 0 spiro atoms. The van der Waals surface area contributed by atoms with E-state index in [1.807, 2.05) is 6.92 Å². The summed E-state index contributed by atoms with van der Waals surface area (Å²) >= 11 is 0. The van der Waals surface area contributed by atoms with E-state index in [0.717, 1.165) is 18.6 Å². The van der Waals surface area contributed by atoms with Crippen LogP contribution in [0.25, 0.3) is 0 Å². The van der Waals surface area contributed by atoms with Gasteiger partial charge in [0, 0.05) is 19.2 Å². The number of aromatic nitrogens is 2. The third-order valence-corrected chi connectivity index (χ3v) is 3.72. The number of benzene rings is 1. The Morgan fingerprint density at radius 2 is 2.00 bits per heavy atom. The fraction of sp³-hybridized carbons (Fsp3) is 0.308. The molecule has 8 heteroatoms. The van der Waals surface area contributed by atoms with Gasteiger partial charge < -0.3 is 4.57 Å². The Labute approximate surface area is 121 Å². The molecule has 0 aliphatic heterocycles. The monoisotopic (exact) mass is 315 g/mol. The predicted molar refractivity (Wildman–Crippen MR) is 73.1 cm³/mol. The Balaban J connectivity index is 2.37. The number of nitrogens with zero attached hydrogens (tertiary/aromatic N) is 2. The molecule has 0 radical (unpaired) electrons. The van der Waals surface area contributed by atoms with Gasteiger partial charge in [-0.2, -0.15) is 0 Å². The highest BCUT2D eigenvalue weighted by molar-refractivity contribution is 7.89. The minimum Gasteiger partial charge on any atom is -0.329 e. The molecule has 114 valence electrons. The first kappa shape index (κ1) is 15.6. The first-order valence-electron chi connectivity index (χ1n) is 6.34. The van der Waals surface area contributed by atoms with Crippen molar-refractivity contribution in [2.45, 2.75) is 31.3 Å². The van der Waals surface area contributed by atoms with Crippen LogP contribution >= 0.6 is 0 Å². The van der Waals surface area contributed by atoms with Gasteiger partial charge in [-0.05, 0) is 24.1 Å². The maximum Gasteiger partial charge on any atom is 0.257 e. The normalized spacial score (nSPS) is 11.8. The summed E-state index contributed by atoms with van der Waals surface area (Å²) in [6.07, 6.45) is 2.62. The molecule has 0 saturated carbocycles. The van der Waals surface area contributed by atoms with Crippen molar-refractivity contribution in [1.82, 2.24) is 9.55 Å². The molecule has 0 unspecified atom stereocenters. The number of rotatable bonds is 5. The van der Waals surface area contributed by atoms with Gasteiger partial charge in [-0.3, -0.25) is 0 Å². The smallest absolute Gasteiger partial charge is 0.257 e. The Morgan fingerprint density at radius 1 is 1.29 bits per heavy atom. The van der Waals surface area contributed by atoms with Crippen molar-refractivity contribution in [3.63, 3.8) is 0 Å². The molecule has 0 amide bonds.